The lowest BCUT2D eigenvalue weighted by molar-refractivity contribution is -0.116. The van der Waals surface area contributed by atoms with Crippen LogP contribution in [-0.4, -0.2) is 25.7 Å². The third-order valence-corrected chi connectivity index (χ3v) is 2.75. The lowest BCUT2D eigenvalue weighted by Gasteiger charge is -2.05. The summed E-state index contributed by atoms with van der Waals surface area (Å²) in [6.07, 6.45) is 4.40. The van der Waals surface area contributed by atoms with Crippen molar-refractivity contribution in [3.63, 3.8) is 0 Å². The summed E-state index contributed by atoms with van der Waals surface area (Å²) in [7, 11) is 0. The van der Waals surface area contributed by atoms with Crippen LogP contribution < -0.4 is 11.1 Å². The maximum Gasteiger partial charge on any atom is 0.246 e. The molecule has 0 spiro atoms. The van der Waals surface area contributed by atoms with Gasteiger partial charge >= 0.3 is 0 Å². The van der Waals surface area contributed by atoms with E-state index in [4.69, 9.17) is 10.2 Å². The highest BCUT2D eigenvalue weighted by Crippen LogP contribution is 2.20. The van der Waals surface area contributed by atoms with E-state index in [2.05, 4.69) is 20.4 Å². The molecule has 0 radical (unpaired) electrons. The van der Waals surface area contributed by atoms with Gasteiger partial charge in [-0.3, -0.25) is 4.79 Å². The van der Waals surface area contributed by atoms with E-state index in [-0.39, 0.29) is 18.4 Å². The fourth-order valence-corrected chi connectivity index (χ4v) is 1.81. The molecule has 21 heavy (non-hydrogen) atoms. The monoisotopic (exact) mass is 284 g/mol. The number of carbonyl (C=O) groups is 1. The molecular formula is C13H12N6O2. The van der Waals surface area contributed by atoms with Crippen LogP contribution in [0.4, 0.5) is 11.6 Å². The van der Waals surface area contributed by atoms with Crippen LogP contribution in [0.1, 0.15) is 0 Å². The van der Waals surface area contributed by atoms with Gasteiger partial charge in [-0.1, -0.05) is 0 Å². The third kappa shape index (κ3) is 3.06. The van der Waals surface area contributed by atoms with Gasteiger partial charge in [-0.05, 0) is 24.3 Å². The van der Waals surface area contributed by atoms with Crippen molar-refractivity contribution in [1.29, 1.82) is 0 Å². The van der Waals surface area contributed by atoms with Crippen LogP contribution in [0.2, 0.25) is 0 Å². The second-order valence-corrected chi connectivity index (χ2v) is 4.29. The summed E-state index contributed by atoms with van der Waals surface area (Å²) in [6.45, 7) is 0.0497. The molecule has 0 aliphatic heterocycles. The third-order valence-electron chi connectivity index (χ3n) is 2.75. The fourth-order valence-electron chi connectivity index (χ4n) is 1.81. The zero-order valence-electron chi connectivity index (χ0n) is 10.9. The van der Waals surface area contributed by atoms with Crippen molar-refractivity contribution in [3.05, 3.63) is 43.2 Å². The number of rotatable bonds is 4. The van der Waals surface area contributed by atoms with Crippen LogP contribution in [0.15, 0.2) is 47.6 Å². The first kappa shape index (κ1) is 12.9. The van der Waals surface area contributed by atoms with Crippen LogP contribution >= 0.6 is 0 Å². The first-order chi connectivity index (χ1) is 10.2. The molecule has 0 aliphatic carbocycles. The van der Waals surface area contributed by atoms with Gasteiger partial charge in [0.2, 0.25) is 11.9 Å². The molecule has 0 saturated carbocycles. The van der Waals surface area contributed by atoms with E-state index in [1.165, 1.54) is 17.4 Å². The average Bonchev–Trinajstić information content (AvgIpc) is 3.11. The molecule has 0 saturated heterocycles. The standard InChI is InChI=1S/C13H12N6O2/c14-13-16-7-19(18-13)6-12(20)17-10-3-1-9(2-4-10)11-5-15-8-21-11/h1-5,7-8H,6H2,(H2,14,18)(H,17,20). The molecule has 0 fully saturated rings. The van der Waals surface area contributed by atoms with Crippen molar-refractivity contribution in [2.24, 2.45) is 0 Å². The Labute approximate surface area is 119 Å². The Morgan fingerprint density at radius 3 is 2.76 bits per heavy atom. The summed E-state index contributed by atoms with van der Waals surface area (Å²) in [5, 5.41) is 6.60. The molecule has 106 valence electrons. The summed E-state index contributed by atoms with van der Waals surface area (Å²) in [5.74, 6) is 0.595. The highest BCUT2D eigenvalue weighted by Gasteiger charge is 2.06. The van der Waals surface area contributed by atoms with Crippen molar-refractivity contribution in [2.45, 2.75) is 6.54 Å². The first-order valence-corrected chi connectivity index (χ1v) is 6.14. The molecular weight excluding hydrogens is 272 g/mol. The van der Waals surface area contributed by atoms with Crippen molar-refractivity contribution in [3.8, 4) is 11.3 Å². The van der Waals surface area contributed by atoms with E-state index in [1.807, 2.05) is 12.1 Å². The average molecular weight is 284 g/mol. The van der Waals surface area contributed by atoms with Crippen LogP contribution in [-0.2, 0) is 11.3 Å². The maximum absolute atomic E-state index is 11.8. The Hall–Kier alpha value is -3.16. The number of anilines is 2. The van der Waals surface area contributed by atoms with E-state index in [9.17, 15) is 4.79 Å². The van der Waals surface area contributed by atoms with Gasteiger partial charge < -0.3 is 15.5 Å². The Morgan fingerprint density at radius 1 is 1.33 bits per heavy atom. The quantitative estimate of drug-likeness (QED) is 0.743. The lowest BCUT2D eigenvalue weighted by Crippen LogP contribution is -2.19. The number of hydrogen-bond acceptors (Lipinski definition) is 6. The Bertz CT molecular complexity index is 732. The summed E-state index contributed by atoms with van der Waals surface area (Å²) >= 11 is 0. The Kier molecular flexibility index (Phi) is 3.34. The molecule has 8 heteroatoms. The number of hydrogen-bond donors (Lipinski definition) is 2. The topological polar surface area (TPSA) is 112 Å². The summed E-state index contributed by atoms with van der Waals surface area (Å²) in [5.41, 5.74) is 6.94. The number of nitrogen functional groups attached to an aromatic ring is 1. The molecule has 3 rings (SSSR count). The first-order valence-electron chi connectivity index (χ1n) is 6.14. The van der Waals surface area contributed by atoms with Gasteiger partial charge in [0.1, 0.15) is 12.9 Å². The second kappa shape index (κ2) is 5.45. The molecule has 2 heterocycles. The van der Waals surface area contributed by atoms with E-state index in [0.717, 1.165) is 5.56 Å². The number of amides is 1. The predicted molar refractivity (Wildman–Crippen MR) is 75.0 cm³/mol. The molecule has 3 N–H and O–H groups in total. The molecule has 0 aliphatic rings. The minimum atomic E-state index is -0.215. The number of benzene rings is 1. The minimum absolute atomic E-state index is 0.0497. The largest absolute Gasteiger partial charge is 0.444 e. The van der Waals surface area contributed by atoms with Gasteiger partial charge in [0.15, 0.2) is 12.2 Å². The smallest absolute Gasteiger partial charge is 0.246 e. The van der Waals surface area contributed by atoms with Crippen LogP contribution in [0.25, 0.3) is 11.3 Å². The number of nitrogens with two attached hydrogens (primary N) is 1. The number of carbonyl (C=O) groups excluding carboxylic acids is 1. The summed E-state index contributed by atoms with van der Waals surface area (Å²) < 4.78 is 6.56. The number of nitrogens with zero attached hydrogens (tertiary/aromatic N) is 4. The van der Waals surface area contributed by atoms with Gasteiger partial charge in [0.05, 0.1) is 6.20 Å². The molecule has 2 aromatic heterocycles. The minimum Gasteiger partial charge on any atom is -0.444 e. The van der Waals surface area contributed by atoms with Gasteiger partial charge in [-0.2, -0.15) is 0 Å². The van der Waals surface area contributed by atoms with Crippen LogP contribution in [0.3, 0.4) is 0 Å². The van der Waals surface area contributed by atoms with Gasteiger partial charge in [0, 0.05) is 11.3 Å². The van der Waals surface area contributed by atoms with Crippen molar-refractivity contribution in [2.75, 3.05) is 11.1 Å². The van der Waals surface area contributed by atoms with Gasteiger partial charge in [0.25, 0.3) is 0 Å². The Balaban J connectivity index is 1.63. The number of aromatic nitrogens is 4. The van der Waals surface area contributed by atoms with Crippen LogP contribution in [0, 0.1) is 0 Å². The highest BCUT2D eigenvalue weighted by atomic mass is 16.3. The molecule has 0 atom stereocenters. The molecule has 0 unspecified atom stereocenters. The molecule has 8 nitrogen and oxygen atoms in total. The summed E-state index contributed by atoms with van der Waals surface area (Å²) in [4.78, 5) is 19.4. The normalized spacial score (nSPS) is 10.5. The highest BCUT2D eigenvalue weighted by molar-refractivity contribution is 5.90. The predicted octanol–water partition coefficient (Wildman–Crippen LogP) is 1.15. The molecule has 1 aromatic carbocycles. The van der Waals surface area contributed by atoms with Crippen molar-refractivity contribution in [1.82, 2.24) is 19.7 Å². The molecule has 1 amide bonds. The van der Waals surface area contributed by atoms with Gasteiger partial charge in [-0.15, -0.1) is 5.10 Å². The fraction of sp³-hybridized carbons (Fsp3) is 0.0769. The van der Waals surface area contributed by atoms with Crippen LogP contribution in [0.5, 0.6) is 0 Å². The van der Waals surface area contributed by atoms with E-state index in [0.29, 0.717) is 11.4 Å². The zero-order chi connectivity index (χ0) is 14.7. The SMILES string of the molecule is Nc1ncn(CC(=O)Nc2ccc(-c3cnco3)cc2)n1. The second-order valence-electron chi connectivity index (χ2n) is 4.29. The zero-order valence-corrected chi connectivity index (χ0v) is 10.9. The lowest BCUT2D eigenvalue weighted by atomic mass is 10.2. The van der Waals surface area contributed by atoms with Crippen molar-refractivity contribution < 1.29 is 9.21 Å². The van der Waals surface area contributed by atoms with E-state index < -0.39 is 0 Å². The maximum atomic E-state index is 11.8. The van der Waals surface area contributed by atoms with Crippen molar-refractivity contribution >= 4 is 17.5 Å². The number of oxazole rings is 1. The molecule has 0 bridgehead atoms. The van der Waals surface area contributed by atoms with E-state index >= 15 is 0 Å². The van der Waals surface area contributed by atoms with Gasteiger partial charge in [-0.25, -0.2) is 14.6 Å². The van der Waals surface area contributed by atoms with E-state index in [1.54, 1.807) is 18.3 Å². The Morgan fingerprint density at radius 2 is 2.14 bits per heavy atom. The molecule has 3 aromatic rings. The summed E-state index contributed by atoms with van der Waals surface area (Å²) in [6, 6.07) is 7.24. The number of nitrogens with one attached hydrogen (secondary N) is 1.